The van der Waals surface area contributed by atoms with E-state index in [0.29, 0.717) is 23.5 Å². The Morgan fingerprint density at radius 1 is 0.964 bits per heavy atom. The summed E-state index contributed by atoms with van der Waals surface area (Å²) in [4.78, 5) is 14.2. The fourth-order valence-corrected chi connectivity index (χ4v) is 5.25. The second-order valence-corrected chi connectivity index (χ2v) is 9.33. The average Bonchev–Trinajstić information content (AvgIpc) is 2.72. The number of nitrogens with one attached hydrogen (secondary N) is 1. The van der Waals surface area contributed by atoms with Crippen LogP contribution in [0.25, 0.3) is 0 Å². The van der Waals surface area contributed by atoms with Gasteiger partial charge in [-0.15, -0.1) is 0 Å². The van der Waals surface area contributed by atoms with Crippen LogP contribution in [0.4, 0.5) is 5.69 Å². The van der Waals surface area contributed by atoms with Gasteiger partial charge in [-0.25, -0.2) is 8.42 Å². The summed E-state index contributed by atoms with van der Waals surface area (Å²) in [6, 6.07) is 11.1. The lowest BCUT2D eigenvalue weighted by Gasteiger charge is -2.29. The van der Waals surface area contributed by atoms with Gasteiger partial charge < -0.3 is 4.90 Å². The summed E-state index contributed by atoms with van der Waals surface area (Å²) in [6.45, 7) is 3.12. The van der Waals surface area contributed by atoms with Gasteiger partial charge in [-0.3, -0.25) is 9.52 Å². The molecule has 28 heavy (non-hydrogen) atoms. The lowest BCUT2D eigenvalue weighted by molar-refractivity contribution is -0.131. The third-order valence-electron chi connectivity index (χ3n) is 5.76. The summed E-state index contributed by atoms with van der Waals surface area (Å²) >= 11 is 0. The normalized spacial score (nSPS) is 16.2. The molecule has 148 valence electrons. The second kappa shape index (κ2) is 7.59. The Hall–Kier alpha value is -2.34. The molecule has 0 saturated carbocycles. The molecule has 0 saturated heterocycles. The van der Waals surface area contributed by atoms with Crippen molar-refractivity contribution in [1.82, 2.24) is 4.90 Å². The fourth-order valence-electron chi connectivity index (χ4n) is 4.15. The summed E-state index contributed by atoms with van der Waals surface area (Å²) in [5.41, 5.74) is 5.14. The van der Waals surface area contributed by atoms with Gasteiger partial charge in [0.15, 0.2) is 0 Å². The van der Waals surface area contributed by atoms with Gasteiger partial charge in [0, 0.05) is 25.2 Å². The largest absolute Gasteiger partial charge is 0.338 e. The molecule has 0 radical (unpaired) electrons. The number of fused-ring (bicyclic) bond motifs is 2. The number of amides is 1. The molecule has 1 aliphatic carbocycles. The third kappa shape index (κ3) is 3.78. The molecule has 1 amide bonds. The van der Waals surface area contributed by atoms with Crippen LogP contribution in [0.3, 0.4) is 0 Å². The molecule has 2 aliphatic rings. The number of benzene rings is 2. The zero-order valence-corrected chi connectivity index (χ0v) is 17.0. The van der Waals surface area contributed by atoms with Crippen LogP contribution in [-0.2, 0) is 40.6 Å². The van der Waals surface area contributed by atoms with Crippen LogP contribution in [0.2, 0.25) is 0 Å². The zero-order chi connectivity index (χ0) is 19.7. The van der Waals surface area contributed by atoms with Gasteiger partial charge in [0.1, 0.15) is 0 Å². The van der Waals surface area contributed by atoms with Gasteiger partial charge >= 0.3 is 0 Å². The highest BCUT2D eigenvalue weighted by Crippen LogP contribution is 2.27. The van der Waals surface area contributed by atoms with Crippen molar-refractivity contribution in [2.75, 3.05) is 11.3 Å². The summed E-state index contributed by atoms with van der Waals surface area (Å²) in [5.74, 6) is 0.130. The van der Waals surface area contributed by atoms with Gasteiger partial charge in [0.25, 0.3) is 10.0 Å². The molecule has 0 fully saturated rings. The average molecular weight is 399 g/mol. The molecule has 5 nitrogen and oxygen atoms in total. The van der Waals surface area contributed by atoms with Crippen molar-refractivity contribution in [3.63, 3.8) is 0 Å². The number of anilines is 1. The van der Waals surface area contributed by atoms with E-state index in [9.17, 15) is 13.2 Å². The van der Waals surface area contributed by atoms with Crippen LogP contribution >= 0.6 is 0 Å². The standard InChI is InChI=1S/C22H26N2O3S/c1-2-22(25)24-12-11-17-7-9-20(13-19(17)15-24)23-28(26,27)21-10-8-16-5-3-4-6-18(16)14-21/h7-10,13-14,23H,2-6,11-12,15H2,1H3. The predicted molar refractivity (Wildman–Crippen MR) is 110 cm³/mol. The molecule has 2 aromatic carbocycles. The van der Waals surface area contributed by atoms with Crippen molar-refractivity contribution in [2.24, 2.45) is 0 Å². The lowest BCUT2D eigenvalue weighted by atomic mass is 9.92. The predicted octanol–water partition coefficient (Wildman–Crippen LogP) is 3.66. The monoisotopic (exact) mass is 398 g/mol. The Kier molecular flexibility index (Phi) is 5.15. The molecule has 6 heteroatoms. The Balaban J connectivity index is 1.56. The molecule has 0 aromatic heterocycles. The van der Waals surface area contributed by atoms with E-state index in [2.05, 4.69) is 4.72 Å². The molecule has 1 aliphatic heterocycles. The molecule has 0 unspecified atom stereocenters. The number of carbonyl (C=O) groups excluding carboxylic acids is 1. The minimum atomic E-state index is -3.64. The number of hydrogen-bond acceptors (Lipinski definition) is 3. The van der Waals surface area contributed by atoms with Crippen molar-refractivity contribution in [2.45, 2.75) is 56.9 Å². The first-order valence-electron chi connectivity index (χ1n) is 10.0. The molecular formula is C22H26N2O3S. The summed E-state index contributed by atoms with van der Waals surface area (Å²) in [7, 11) is -3.64. The molecule has 0 atom stereocenters. The van der Waals surface area contributed by atoms with Crippen molar-refractivity contribution in [3.8, 4) is 0 Å². The highest BCUT2D eigenvalue weighted by atomic mass is 32.2. The minimum absolute atomic E-state index is 0.130. The van der Waals surface area contributed by atoms with E-state index in [1.54, 1.807) is 6.07 Å². The number of sulfonamides is 1. The van der Waals surface area contributed by atoms with Crippen LogP contribution in [-0.4, -0.2) is 25.8 Å². The highest BCUT2D eigenvalue weighted by molar-refractivity contribution is 7.92. The highest BCUT2D eigenvalue weighted by Gasteiger charge is 2.22. The Bertz CT molecular complexity index is 1010. The summed E-state index contributed by atoms with van der Waals surface area (Å²) < 4.78 is 28.5. The number of aryl methyl sites for hydroxylation is 2. The topological polar surface area (TPSA) is 66.5 Å². The van der Waals surface area contributed by atoms with E-state index in [1.807, 2.05) is 42.2 Å². The molecule has 1 N–H and O–H groups in total. The van der Waals surface area contributed by atoms with E-state index in [4.69, 9.17) is 0 Å². The van der Waals surface area contributed by atoms with Gasteiger partial charge in [-0.1, -0.05) is 19.1 Å². The number of carbonyl (C=O) groups is 1. The molecule has 1 heterocycles. The first-order valence-corrected chi connectivity index (χ1v) is 11.5. The molecule has 0 spiro atoms. The Labute approximate surface area is 166 Å². The SMILES string of the molecule is CCC(=O)N1CCc2ccc(NS(=O)(=O)c3ccc4c(c3)CCCC4)cc2C1. The maximum absolute atomic E-state index is 12.9. The molecule has 0 bridgehead atoms. The quantitative estimate of drug-likeness (QED) is 0.855. The smallest absolute Gasteiger partial charge is 0.261 e. The van der Waals surface area contributed by atoms with E-state index >= 15 is 0 Å². The van der Waals surface area contributed by atoms with Crippen LogP contribution in [0.5, 0.6) is 0 Å². The van der Waals surface area contributed by atoms with Crippen LogP contribution in [0, 0.1) is 0 Å². The Morgan fingerprint density at radius 3 is 2.46 bits per heavy atom. The van der Waals surface area contributed by atoms with Gasteiger partial charge in [0.05, 0.1) is 4.90 Å². The maximum atomic E-state index is 12.9. The van der Waals surface area contributed by atoms with Crippen LogP contribution in [0.15, 0.2) is 41.3 Å². The number of nitrogens with zero attached hydrogens (tertiary/aromatic N) is 1. The van der Waals surface area contributed by atoms with Crippen LogP contribution < -0.4 is 4.72 Å². The van der Waals surface area contributed by atoms with Gasteiger partial charge in [-0.2, -0.15) is 0 Å². The van der Waals surface area contributed by atoms with Gasteiger partial charge in [0.2, 0.25) is 5.91 Å². The molecule has 4 rings (SSSR count). The van der Waals surface area contributed by atoms with E-state index in [0.717, 1.165) is 43.4 Å². The lowest BCUT2D eigenvalue weighted by Crippen LogP contribution is -2.35. The minimum Gasteiger partial charge on any atom is -0.338 e. The second-order valence-electron chi connectivity index (χ2n) is 7.65. The van der Waals surface area contributed by atoms with Gasteiger partial charge in [-0.05, 0) is 78.6 Å². The third-order valence-corrected chi connectivity index (χ3v) is 7.14. The van der Waals surface area contributed by atoms with E-state index < -0.39 is 10.0 Å². The first kappa shape index (κ1) is 19.0. The van der Waals surface area contributed by atoms with Crippen LogP contribution in [0.1, 0.15) is 48.4 Å². The molecule has 2 aromatic rings. The number of hydrogen-bond donors (Lipinski definition) is 1. The van der Waals surface area contributed by atoms with E-state index in [1.165, 1.54) is 17.5 Å². The number of rotatable bonds is 4. The molecular weight excluding hydrogens is 372 g/mol. The van der Waals surface area contributed by atoms with E-state index in [-0.39, 0.29) is 5.91 Å². The van der Waals surface area contributed by atoms with Crippen molar-refractivity contribution in [3.05, 3.63) is 58.7 Å². The summed E-state index contributed by atoms with van der Waals surface area (Å²) in [6.07, 6.45) is 5.55. The fraction of sp³-hybridized carbons (Fsp3) is 0.409. The summed E-state index contributed by atoms with van der Waals surface area (Å²) in [5, 5.41) is 0. The maximum Gasteiger partial charge on any atom is 0.261 e. The van der Waals surface area contributed by atoms with Crippen molar-refractivity contribution < 1.29 is 13.2 Å². The zero-order valence-electron chi connectivity index (χ0n) is 16.2. The Morgan fingerprint density at radius 2 is 1.68 bits per heavy atom. The van der Waals surface area contributed by atoms with Crippen molar-refractivity contribution >= 4 is 21.6 Å². The van der Waals surface area contributed by atoms with Crippen molar-refractivity contribution in [1.29, 1.82) is 0 Å². The first-order chi connectivity index (χ1) is 13.5.